The predicted octanol–water partition coefficient (Wildman–Crippen LogP) is 2.16. The first-order chi connectivity index (χ1) is 15.9. The molecule has 3 rings (SSSR count). The van der Waals surface area contributed by atoms with E-state index in [2.05, 4.69) is 5.32 Å². The predicted molar refractivity (Wildman–Crippen MR) is 116 cm³/mol. The third-order valence-electron chi connectivity index (χ3n) is 4.97. The van der Waals surface area contributed by atoms with Crippen molar-refractivity contribution in [3.8, 4) is 17.2 Å². The fourth-order valence-corrected chi connectivity index (χ4v) is 3.29. The number of ether oxygens (including phenoxy) is 4. The van der Waals surface area contributed by atoms with Gasteiger partial charge in [0.05, 0.1) is 33.4 Å². The van der Waals surface area contributed by atoms with Crippen LogP contribution < -0.4 is 19.5 Å². The number of esters is 1. The molecule has 3 amide bonds. The molecule has 0 saturated carbocycles. The van der Waals surface area contributed by atoms with Gasteiger partial charge in [-0.2, -0.15) is 0 Å². The van der Waals surface area contributed by atoms with E-state index in [9.17, 15) is 19.2 Å². The minimum absolute atomic E-state index is 0.157. The average molecular weight is 456 g/mol. The largest absolute Gasteiger partial charge is 0.493 e. The van der Waals surface area contributed by atoms with Crippen LogP contribution in [0.1, 0.15) is 28.8 Å². The molecular weight excluding hydrogens is 432 g/mol. The molecule has 1 N–H and O–H groups in total. The van der Waals surface area contributed by atoms with Gasteiger partial charge < -0.3 is 24.3 Å². The molecule has 0 unspecified atom stereocenters. The average Bonchev–Trinajstić information content (AvgIpc) is 3.14. The van der Waals surface area contributed by atoms with Gasteiger partial charge >= 0.3 is 5.97 Å². The second-order valence-electron chi connectivity index (χ2n) is 7.11. The monoisotopic (exact) mass is 456 g/mol. The Morgan fingerprint density at radius 2 is 1.48 bits per heavy atom. The summed E-state index contributed by atoms with van der Waals surface area (Å²) in [6.07, 6.45) is 0.447. The first kappa shape index (κ1) is 23.6. The van der Waals surface area contributed by atoms with Gasteiger partial charge in [0, 0.05) is 30.7 Å². The van der Waals surface area contributed by atoms with Gasteiger partial charge in [0.25, 0.3) is 5.91 Å². The van der Waals surface area contributed by atoms with E-state index in [-0.39, 0.29) is 36.8 Å². The van der Waals surface area contributed by atoms with E-state index in [0.29, 0.717) is 28.5 Å². The number of methoxy groups -OCH3 is 3. The van der Waals surface area contributed by atoms with Gasteiger partial charge in [-0.05, 0) is 17.7 Å². The van der Waals surface area contributed by atoms with Gasteiger partial charge in [0.2, 0.25) is 17.6 Å². The Morgan fingerprint density at radius 1 is 0.909 bits per heavy atom. The summed E-state index contributed by atoms with van der Waals surface area (Å²) in [5.74, 6) is -0.548. The summed E-state index contributed by atoms with van der Waals surface area (Å²) < 4.78 is 20.8. The van der Waals surface area contributed by atoms with Crippen LogP contribution >= 0.6 is 0 Å². The lowest BCUT2D eigenvalue weighted by molar-refractivity contribution is -0.139. The van der Waals surface area contributed by atoms with Gasteiger partial charge in [-0.1, -0.05) is 12.1 Å². The highest BCUT2D eigenvalue weighted by atomic mass is 16.5. The number of rotatable bonds is 9. The van der Waals surface area contributed by atoms with Crippen molar-refractivity contribution in [2.24, 2.45) is 0 Å². The Balaban J connectivity index is 1.56. The van der Waals surface area contributed by atoms with Crippen LogP contribution in [0.2, 0.25) is 0 Å². The highest BCUT2D eigenvalue weighted by molar-refractivity contribution is 6.01. The normalized spacial score (nSPS) is 13.0. The molecule has 1 fully saturated rings. The van der Waals surface area contributed by atoms with E-state index in [4.69, 9.17) is 18.9 Å². The Kier molecular flexibility index (Phi) is 7.50. The van der Waals surface area contributed by atoms with Crippen LogP contribution in [-0.2, 0) is 25.7 Å². The van der Waals surface area contributed by atoms with Gasteiger partial charge in [0.1, 0.15) is 0 Å². The number of anilines is 1. The number of hydrogen-bond donors (Lipinski definition) is 1. The van der Waals surface area contributed by atoms with E-state index < -0.39 is 18.5 Å². The van der Waals surface area contributed by atoms with Crippen molar-refractivity contribution in [1.82, 2.24) is 4.90 Å². The smallest absolute Gasteiger partial charge is 0.338 e. The van der Waals surface area contributed by atoms with Gasteiger partial charge in [-0.15, -0.1) is 0 Å². The number of nitrogens with one attached hydrogen (secondary N) is 1. The summed E-state index contributed by atoms with van der Waals surface area (Å²) in [4.78, 5) is 49.1. The molecule has 33 heavy (non-hydrogen) atoms. The number of likely N-dealkylation sites (tertiary alicyclic amines) is 1. The fraction of sp³-hybridized carbons (Fsp3) is 0.304. The highest BCUT2D eigenvalue weighted by Gasteiger charge is 2.28. The Morgan fingerprint density at radius 3 is 2.00 bits per heavy atom. The summed E-state index contributed by atoms with van der Waals surface area (Å²) in [7, 11) is 4.38. The minimum Gasteiger partial charge on any atom is -0.493 e. The number of imide groups is 1. The molecule has 1 saturated heterocycles. The summed E-state index contributed by atoms with van der Waals surface area (Å²) in [6, 6.07) is 9.39. The van der Waals surface area contributed by atoms with Gasteiger partial charge in [-0.3, -0.25) is 19.3 Å². The lowest BCUT2D eigenvalue weighted by atomic mass is 10.1. The van der Waals surface area contributed by atoms with Crippen LogP contribution in [0, 0.1) is 0 Å². The molecule has 0 aromatic heterocycles. The quantitative estimate of drug-likeness (QED) is 0.450. The molecule has 2 aromatic carbocycles. The molecule has 0 spiro atoms. The molecule has 174 valence electrons. The van der Waals surface area contributed by atoms with Crippen molar-refractivity contribution in [3.05, 3.63) is 47.5 Å². The van der Waals surface area contributed by atoms with Crippen molar-refractivity contribution in [2.75, 3.05) is 33.3 Å². The zero-order valence-electron chi connectivity index (χ0n) is 18.5. The number of carbonyl (C=O) groups excluding carboxylic acids is 4. The van der Waals surface area contributed by atoms with Crippen molar-refractivity contribution in [3.63, 3.8) is 0 Å². The standard InChI is InChI=1S/C23H24N2O8/c1-30-17-10-16(11-18(31-2)22(17)32-3)24-19(26)13-33-23(29)15-6-4-14(5-7-15)12-25-20(27)8-9-21(25)28/h4-7,10-11H,8-9,12-13H2,1-3H3,(H,24,26). The summed E-state index contributed by atoms with van der Waals surface area (Å²) in [6.45, 7) is -0.349. The lowest BCUT2D eigenvalue weighted by Gasteiger charge is -2.15. The van der Waals surface area contributed by atoms with Crippen molar-refractivity contribution in [2.45, 2.75) is 19.4 Å². The van der Waals surface area contributed by atoms with E-state index in [1.165, 1.54) is 38.4 Å². The maximum absolute atomic E-state index is 12.3. The van der Waals surface area contributed by atoms with Crippen LogP contribution in [0.4, 0.5) is 5.69 Å². The van der Waals surface area contributed by atoms with E-state index in [1.807, 2.05) is 0 Å². The molecule has 2 aromatic rings. The Bertz CT molecular complexity index is 1020. The molecule has 0 bridgehead atoms. The van der Waals surface area contributed by atoms with E-state index in [0.717, 1.165) is 0 Å². The second-order valence-corrected chi connectivity index (χ2v) is 7.11. The number of hydrogen-bond acceptors (Lipinski definition) is 8. The maximum Gasteiger partial charge on any atom is 0.338 e. The third-order valence-corrected chi connectivity index (χ3v) is 4.97. The van der Waals surface area contributed by atoms with Crippen molar-refractivity contribution < 1.29 is 38.1 Å². The highest BCUT2D eigenvalue weighted by Crippen LogP contribution is 2.39. The lowest BCUT2D eigenvalue weighted by Crippen LogP contribution is -2.28. The van der Waals surface area contributed by atoms with Crippen molar-refractivity contribution >= 4 is 29.4 Å². The van der Waals surface area contributed by atoms with E-state index in [1.54, 1.807) is 24.3 Å². The zero-order valence-corrected chi connectivity index (χ0v) is 18.5. The third kappa shape index (κ3) is 5.59. The van der Waals surface area contributed by atoms with Crippen LogP contribution in [0.3, 0.4) is 0 Å². The van der Waals surface area contributed by atoms with Crippen LogP contribution in [0.15, 0.2) is 36.4 Å². The number of nitrogens with zero attached hydrogens (tertiary/aromatic N) is 1. The molecule has 0 radical (unpaired) electrons. The molecule has 1 aliphatic heterocycles. The molecule has 10 heteroatoms. The molecule has 1 aliphatic rings. The van der Waals surface area contributed by atoms with Gasteiger partial charge in [-0.25, -0.2) is 4.79 Å². The molecule has 0 atom stereocenters. The topological polar surface area (TPSA) is 120 Å². The molecule has 1 heterocycles. The van der Waals surface area contributed by atoms with Crippen LogP contribution in [0.25, 0.3) is 0 Å². The number of amides is 3. The molecular formula is C23H24N2O8. The first-order valence-electron chi connectivity index (χ1n) is 10.1. The fourth-order valence-electron chi connectivity index (χ4n) is 3.29. The minimum atomic E-state index is -0.685. The number of carbonyl (C=O) groups is 4. The summed E-state index contributed by atoms with van der Waals surface area (Å²) in [5.41, 5.74) is 1.31. The Labute approximate surface area is 190 Å². The van der Waals surface area contributed by atoms with E-state index >= 15 is 0 Å². The number of benzene rings is 2. The van der Waals surface area contributed by atoms with Crippen LogP contribution in [-0.4, -0.2) is 56.5 Å². The van der Waals surface area contributed by atoms with Gasteiger partial charge in [0.15, 0.2) is 18.1 Å². The SMILES string of the molecule is COc1cc(NC(=O)COC(=O)c2ccc(CN3C(=O)CCC3=O)cc2)cc(OC)c1OC. The molecule has 10 nitrogen and oxygen atoms in total. The zero-order chi connectivity index (χ0) is 24.0. The summed E-state index contributed by atoms with van der Waals surface area (Å²) >= 11 is 0. The molecule has 0 aliphatic carbocycles. The Hall–Kier alpha value is -4.08. The van der Waals surface area contributed by atoms with Crippen molar-refractivity contribution in [1.29, 1.82) is 0 Å². The summed E-state index contributed by atoms with van der Waals surface area (Å²) in [5, 5.41) is 2.61. The maximum atomic E-state index is 12.3. The first-order valence-corrected chi connectivity index (χ1v) is 10.1. The van der Waals surface area contributed by atoms with Crippen LogP contribution in [0.5, 0.6) is 17.2 Å². The second kappa shape index (κ2) is 10.5.